The summed E-state index contributed by atoms with van der Waals surface area (Å²) in [5.41, 5.74) is 0.528. The zero-order valence-corrected chi connectivity index (χ0v) is 12.8. The van der Waals surface area contributed by atoms with Gasteiger partial charge in [-0.05, 0) is 43.6 Å². The van der Waals surface area contributed by atoms with E-state index in [2.05, 4.69) is 10.2 Å². The van der Waals surface area contributed by atoms with E-state index in [1.54, 1.807) is 0 Å². The Morgan fingerprint density at radius 1 is 1.10 bits per heavy atom. The standard InChI is InChI=1S/C17H30N2O/c20-16(7-6-15-4-2-1-3-5-15)19-12-9-17(10-13-19)8-11-18-14-17/h15,18H,1-14H2. The molecular formula is C17H30N2O. The molecule has 3 aliphatic rings. The minimum atomic E-state index is 0.427. The SMILES string of the molecule is O=C(CCC1CCCCC1)N1CCC2(CCNC2)CC1. The summed E-state index contributed by atoms with van der Waals surface area (Å²) in [5, 5.41) is 3.49. The Morgan fingerprint density at radius 3 is 2.50 bits per heavy atom. The van der Waals surface area contributed by atoms with Gasteiger partial charge in [0.15, 0.2) is 0 Å². The summed E-state index contributed by atoms with van der Waals surface area (Å²) in [5.74, 6) is 1.26. The van der Waals surface area contributed by atoms with Crippen LogP contribution < -0.4 is 5.32 Å². The van der Waals surface area contributed by atoms with E-state index in [1.807, 2.05) is 0 Å². The third-order valence-electron chi connectivity index (χ3n) is 6.00. The second-order valence-corrected chi connectivity index (χ2v) is 7.35. The molecule has 1 N–H and O–H groups in total. The third-order valence-corrected chi connectivity index (χ3v) is 6.00. The predicted octanol–water partition coefficient (Wildman–Crippen LogP) is 2.95. The first kappa shape index (κ1) is 14.4. The van der Waals surface area contributed by atoms with Crippen LogP contribution in [0.1, 0.15) is 64.2 Å². The first-order valence-electron chi connectivity index (χ1n) is 8.76. The highest BCUT2D eigenvalue weighted by Crippen LogP contribution is 2.37. The van der Waals surface area contributed by atoms with Crippen molar-refractivity contribution in [3.63, 3.8) is 0 Å². The van der Waals surface area contributed by atoms with Crippen LogP contribution >= 0.6 is 0 Å². The van der Waals surface area contributed by atoms with Crippen molar-refractivity contribution in [2.45, 2.75) is 64.2 Å². The average Bonchev–Trinajstić information content (AvgIpc) is 2.95. The lowest BCUT2D eigenvalue weighted by molar-refractivity contribution is -0.133. The Bertz CT molecular complexity index is 320. The molecule has 3 rings (SSSR count). The molecule has 1 aliphatic carbocycles. The van der Waals surface area contributed by atoms with Gasteiger partial charge in [0, 0.05) is 26.1 Å². The molecule has 20 heavy (non-hydrogen) atoms. The van der Waals surface area contributed by atoms with Gasteiger partial charge in [-0.1, -0.05) is 32.1 Å². The first-order chi connectivity index (χ1) is 9.77. The monoisotopic (exact) mass is 278 g/mol. The minimum absolute atomic E-state index is 0.427. The van der Waals surface area contributed by atoms with Crippen molar-refractivity contribution in [2.75, 3.05) is 26.2 Å². The van der Waals surface area contributed by atoms with Crippen molar-refractivity contribution >= 4 is 5.91 Å². The Hall–Kier alpha value is -0.570. The molecule has 0 atom stereocenters. The van der Waals surface area contributed by atoms with Gasteiger partial charge in [-0.25, -0.2) is 0 Å². The maximum Gasteiger partial charge on any atom is 0.222 e. The van der Waals surface area contributed by atoms with Crippen LogP contribution in [0.25, 0.3) is 0 Å². The van der Waals surface area contributed by atoms with Gasteiger partial charge >= 0.3 is 0 Å². The fourth-order valence-electron chi connectivity index (χ4n) is 4.41. The van der Waals surface area contributed by atoms with E-state index in [9.17, 15) is 4.79 Å². The molecule has 1 spiro atoms. The predicted molar refractivity (Wildman–Crippen MR) is 81.5 cm³/mol. The Morgan fingerprint density at radius 2 is 1.85 bits per heavy atom. The molecule has 2 saturated heterocycles. The molecule has 0 bridgehead atoms. The number of carbonyl (C=O) groups excluding carboxylic acids is 1. The summed E-state index contributed by atoms with van der Waals surface area (Å²) in [4.78, 5) is 14.5. The summed E-state index contributed by atoms with van der Waals surface area (Å²) >= 11 is 0. The van der Waals surface area contributed by atoms with Crippen LogP contribution in [-0.4, -0.2) is 37.0 Å². The lowest BCUT2D eigenvalue weighted by atomic mass is 9.77. The zero-order valence-electron chi connectivity index (χ0n) is 12.8. The molecule has 3 nitrogen and oxygen atoms in total. The smallest absolute Gasteiger partial charge is 0.222 e. The molecule has 0 aromatic carbocycles. The number of hydrogen-bond donors (Lipinski definition) is 1. The third kappa shape index (κ3) is 3.36. The van der Waals surface area contributed by atoms with Crippen LogP contribution in [0.2, 0.25) is 0 Å². The van der Waals surface area contributed by atoms with Crippen LogP contribution in [0.3, 0.4) is 0 Å². The second kappa shape index (κ2) is 6.46. The molecule has 3 fully saturated rings. The van der Waals surface area contributed by atoms with E-state index >= 15 is 0 Å². The maximum atomic E-state index is 12.4. The largest absolute Gasteiger partial charge is 0.343 e. The van der Waals surface area contributed by atoms with E-state index in [-0.39, 0.29) is 0 Å². The lowest BCUT2D eigenvalue weighted by Gasteiger charge is -2.39. The maximum absolute atomic E-state index is 12.4. The molecule has 0 aromatic rings. The fraction of sp³-hybridized carbons (Fsp3) is 0.941. The minimum Gasteiger partial charge on any atom is -0.343 e. The van der Waals surface area contributed by atoms with E-state index in [1.165, 1.54) is 64.5 Å². The van der Waals surface area contributed by atoms with Gasteiger partial charge in [0.1, 0.15) is 0 Å². The zero-order chi connectivity index (χ0) is 13.8. The summed E-state index contributed by atoms with van der Waals surface area (Å²) in [6, 6.07) is 0. The number of amides is 1. The van der Waals surface area contributed by atoms with Gasteiger partial charge in [0.05, 0.1) is 0 Å². The highest BCUT2D eigenvalue weighted by atomic mass is 16.2. The summed E-state index contributed by atoms with van der Waals surface area (Å²) in [7, 11) is 0. The number of nitrogens with one attached hydrogen (secondary N) is 1. The van der Waals surface area contributed by atoms with Gasteiger partial charge in [0.2, 0.25) is 5.91 Å². The second-order valence-electron chi connectivity index (χ2n) is 7.35. The van der Waals surface area contributed by atoms with Crippen molar-refractivity contribution in [1.29, 1.82) is 0 Å². The van der Waals surface area contributed by atoms with Gasteiger partial charge < -0.3 is 10.2 Å². The molecule has 0 aromatic heterocycles. The molecule has 2 aliphatic heterocycles. The molecule has 0 unspecified atom stereocenters. The van der Waals surface area contributed by atoms with Crippen LogP contribution in [0.15, 0.2) is 0 Å². The van der Waals surface area contributed by atoms with Crippen LogP contribution in [-0.2, 0) is 4.79 Å². The normalized spacial score (nSPS) is 27.1. The van der Waals surface area contributed by atoms with Crippen LogP contribution in [0.5, 0.6) is 0 Å². The highest BCUT2D eigenvalue weighted by molar-refractivity contribution is 5.76. The number of rotatable bonds is 3. The van der Waals surface area contributed by atoms with E-state index in [0.717, 1.165) is 31.8 Å². The first-order valence-corrected chi connectivity index (χ1v) is 8.76. The van der Waals surface area contributed by atoms with Crippen LogP contribution in [0, 0.1) is 11.3 Å². The molecule has 0 radical (unpaired) electrons. The van der Waals surface area contributed by atoms with Gasteiger partial charge in [-0.3, -0.25) is 4.79 Å². The average molecular weight is 278 g/mol. The Balaban J connectivity index is 1.39. The number of nitrogens with zero attached hydrogens (tertiary/aromatic N) is 1. The number of likely N-dealkylation sites (tertiary alicyclic amines) is 1. The lowest BCUT2D eigenvalue weighted by Crippen LogP contribution is -2.44. The van der Waals surface area contributed by atoms with Crippen molar-refractivity contribution in [3.8, 4) is 0 Å². The number of carbonyl (C=O) groups is 1. The van der Waals surface area contributed by atoms with Crippen molar-refractivity contribution in [3.05, 3.63) is 0 Å². The summed E-state index contributed by atoms with van der Waals surface area (Å²) in [6.45, 7) is 4.36. The Kier molecular flexibility index (Phi) is 4.65. The van der Waals surface area contributed by atoms with Crippen molar-refractivity contribution < 1.29 is 4.79 Å². The summed E-state index contributed by atoms with van der Waals surface area (Å²) in [6.07, 6.45) is 12.6. The molecule has 2 heterocycles. The van der Waals surface area contributed by atoms with E-state index in [4.69, 9.17) is 0 Å². The van der Waals surface area contributed by atoms with Crippen molar-refractivity contribution in [2.24, 2.45) is 11.3 Å². The fourth-order valence-corrected chi connectivity index (χ4v) is 4.41. The van der Waals surface area contributed by atoms with E-state index in [0.29, 0.717) is 11.3 Å². The number of piperidine rings is 1. The van der Waals surface area contributed by atoms with Gasteiger partial charge in [-0.2, -0.15) is 0 Å². The van der Waals surface area contributed by atoms with Crippen molar-refractivity contribution in [1.82, 2.24) is 10.2 Å². The van der Waals surface area contributed by atoms with Crippen LogP contribution in [0.4, 0.5) is 0 Å². The number of hydrogen-bond acceptors (Lipinski definition) is 2. The quantitative estimate of drug-likeness (QED) is 0.861. The molecule has 1 amide bonds. The Labute approximate surface area is 123 Å². The highest BCUT2D eigenvalue weighted by Gasteiger charge is 2.37. The molecule has 3 heteroatoms. The topological polar surface area (TPSA) is 32.3 Å². The van der Waals surface area contributed by atoms with Gasteiger partial charge in [-0.15, -0.1) is 0 Å². The van der Waals surface area contributed by atoms with Gasteiger partial charge in [0.25, 0.3) is 0 Å². The molecular weight excluding hydrogens is 248 g/mol. The molecule has 1 saturated carbocycles. The summed E-state index contributed by atoms with van der Waals surface area (Å²) < 4.78 is 0. The van der Waals surface area contributed by atoms with E-state index < -0.39 is 0 Å². The molecule has 114 valence electrons.